The van der Waals surface area contributed by atoms with Crippen LogP contribution < -0.4 is 4.74 Å². The van der Waals surface area contributed by atoms with Gasteiger partial charge >= 0.3 is 0 Å². The highest BCUT2D eigenvalue weighted by Crippen LogP contribution is 2.26. The summed E-state index contributed by atoms with van der Waals surface area (Å²) in [6, 6.07) is 5.00. The summed E-state index contributed by atoms with van der Waals surface area (Å²) in [5.74, 6) is 0.949. The molecule has 3 rings (SSSR count). The first-order valence-corrected chi connectivity index (χ1v) is 10.7. The molecule has 0 saturated carbocycles. The maximum absolute atomic E-state index is 9.63. The molecule has 1 aliphatic heterocycles. The molecular formula is C23H36N4O2. The summed E-state index contributed by atoms with van der Waals surface area (Å²) in [6.07, 6.45) is 4.94. The molecule has 2 heterocycles. The molecular weight excluding hydrogens is 364 g/mol. The highest BCUT2D eigenvalue weighted by Gasteiger charge is 2.27. The largest absolute Gasteiger partial charge is 0.496 e. The van der Waals surface area contributed by atoms with Crippen LogP contribution in [0.4, 0.5) is 0 Å². The maximum atomic E-state index is 9.63. The van der Waals surface area contributed by atoms with Crippen LogP contribution in [0.25, 0.3) is 0 Å². The van der Waals surface area contributed by atoms with Crippen LogP contribution in [-0.2, 0) is 13.1 Å². The van der Waals surface area contributed by atoms with Crippen molar-refractivity contribution < 1.29 is 9.84 Å². The number of methoxy groups -OCH3 is 1. The summed E-state index contributed by atoms with van der Waals surface area (Å²) >= 11 is 0. The lowest BCUT2D eigenvalue weighted by Crippen LogP contribution is -2.52. The van der Waals surface area contributed by atoms with Crippen LogP contribution in [0.1, 0.15) is 48.6 Å². The molecule has 0 bridgehead atoms. The standard InChI is InChI=1S/C23H36N4O2/c1-17(2)27-14-20(12-24-27)13-25-9-10-26(22(16-25)8-11-28)15-21-6-7-23(29-5)19(4)18(21)3/h6-7,12,14,17,22,28H,8-11,13,15-16H2,1-5H3/t22-/m1/s1. The molecule has 0 aliphatic carbocycles. The Morgan fingerprint density at radius 2 is 1.97 bits per heavy atom. The Kier molecular flexibility index (Phi) is 7.33. The smallest absolute Gasteiger partial charge is 0.122 e. The van der Waals surface area contributed by atoms with E-state index >= 15 is 0 Å². The Hall–Kier alpha value is -1.89. The molecule has 1 fully saturated rings. The van der Waals surface area contributed by atoms with Crippen molar-refractivity contribution in [2.45, 2.75) is 59.3 Å². The fraction of sp³-hybridized carbons (Fsp3) is 0.609. The van der Waals surface area contributed by atoms with Crippen molar-refractivity contribution in [3.05, 3.63) is 46.8 Å². The van der Waals surface area contributed by atoms with E-state index in [0.717, 1.165) is 44.9 Å². The van der Waals surface area contributed by atoms with Crippen molar-refractivity contribution in [2.24, 2.45) is 0 Å². The van der Waals surface area contributed by atoms with E-state index in [-0.39, 0.29) is 6.61 Å². The molecule has 0 amide bonds. The second kappa shape index (κ2) is 9.74. The van der Waals surface area contributed by atoms with E-state index in [9.17, 15) is 5.11 Å². The fourth-order valence-electron chi connectivity index (χ4n) is 4.19. The third-order valence-electron chi connectivity index (χ3n) is 6.18. The van der Waals surface area contributed by atoms with Gasteiger partial charge in [-0.15, -0.1) is 0 Å². The van der Waals surface area contributed by atoms with E-state index in [1.807, 2.05) is 10.9 Å². The third-order valence-corrected chi connectivity index (χ3v) is 6.18. The maximum Gasteiger partial charge on any atom is 0.122 e. The Balaban J connectivity index is 1.66. The van der Waals surface area contributed by atoms with Gasteiger partial charge in [-0.05, 0) is 56.9 Å². The summed E-state index contributed by atoms with van der Waals surface area (Å²) in [5, 5.41) is 14.1. The number of hydrogen-bond acceptors (Lipinski definition) is 5. The predicted octanol–water partition coefficient (Wildman–Crippen LogP) is 3.16. The van der Waals surface area contributed by atoms with E-state index < -0.39 is 0 Å². The Morgan fingerprint density at radius 1 is 1.17 bits per heavy atom. The molecule has 160 valence electrons. The van der Waals surface area contributed by atoms with Crippen LogP contribution in [0.15, 0.2) is 24.5 Å². The van der Waals surface area contributed by atoms with Crippen molar-refractivity contribution in [3.8, 4) is 5.75 Å². The van der Waals surface area contributed by atoms with Gasteiger partial charge in [0.05, 0.1) is 13.3 Å². The van der Waals surface area contributed by atoms with Gasteiger partial charge in [-0.1, -0.05) is 6.07 Å². The van der Waals surface area contributed by atoms with Gasteiger partial charge in [-0.2, -0.15) is 5.10 Å². The lowest BCUT2D eigenvalue weighted by molar-refractivity contribution is 0.0498. The van der Waals surface area contributed by atoms with Crippen molar-refractivity contribution in [1.29, 1.82) is 0 Å². The molecule has 29 heavy (non-hydrogen) atoms. The predicted molar refractivity (Wildman–Crippen MR) is 116 cm³/mol. The molecule has 1 N–H and O–H groups in total. The number of aromatic nitrogens is 2. The molecule has 1 aromatic carbocycles. The minimum atomic E-state index is 0.223. The highest BCUT2D eigenvalue weighted by molar-refractivity contribution is 5.43. The second-order valence-electron chi connectivity index (χ2n) is 8.47. The van der Waals surface area contributed by atoms with Gasteiger partial charge in [0, 0.05) is 63.2 Å². The zero-order valence-electron chi connectivity index (χ0n) is 18.6. The Labute approximate surface area is 175 Å². The first kappa shape index (κ1) is 21.8. The third kappa shape index (κ3) is 5.18. The molecule has 6 nitrogen and oxygen atoms in total. The van der Waals surface area contributed by atoms with Gasteiger partial charge in [0.2, 0.25) is 0 Å². The van der Waals surface area contributed by atoms with Crippen molar-refractivity contribution in [3.63, 3.8) is 0 Å². The van der Waals surface area contributed by atoms with Gasteiger partial charge < -0.3 is 9.84 Å². The van der Waals surface area contributed by atoms with Crippen LogP contribution in [-0.4, -0.2) is 64.1 Å². The number of nitrogens with zero attached hydrogens (tertiary/aromatic N) is 4. The van der Waals surface area contributed by atoms with Gasteiger partial charge in [0.25, 0.3) is 0 Å². The summed E-state index contributed by atoms with van der Waals surface area (Å²) < 4.78 is 7.48. The molecule has 1 aliphatic rings. The van der Waals surface area contributed by atoms with Crippen molar-refractivity contribution >= 4 is 0 Å². The molecule has 1 aromatic heterocycles. The summed E-state index contributed by atoms with van der Waals surface area (Å²) in [5.41, 5.74) is 5.12. The molecule has 2 aromatic rings. The second-order valence-corrected chi connectivity index (χ2v) is 8.47. The topological polar surface area (TPSA) is 53.8 Å². The van der Waals surface area contributed by atoms with Gasteiger partial charge in [0.1, 0.15) is 5.75 Å². The highest BCUT2D eigenvalue weighted by atomic mass is 16.5. The number of aliphatic hydroxyl groups excluding tert-OH is 1. The average Bonchev–Trinajstić information content (AvgIpc) is 3.16. The zero-order chi connectivity index (χ0) is 21.0. The van der Waals surface area contributed by atoms with Gasteiger partial charge in [0.15, 0.2) is 0 Å². The monoisotopic (exact) mass is 400 g/mol. The van der Waals surface area contributed by atoms with Crippen LogP contribution in [0.3, 0.4) is 0 Å². The normalized spacial score (nSPS) is 18.5. The van der Waals surface area contributed by atoms with E-state index in [2.05, 4.69) is 60.9 Å². The lowest BCUT2D eigenvalue weighted by atomic mass is 10.00. The molecule has 1 saturated heterocycles. The van der Waals surface area contributed by atoms with Crippen LogP contribution in [0.5, 0.6) is 5.75 Å². The zero-order valence-corrected chi connectivity index (χ0v) is 18.6. The molecule has 0 radical (unpaired) electrons. The van der Waals surface area contributed by atoms with E-state index in [0.29, 0.717) is 12.1 Å². The first-order chi connectivity index (χ1) is 13.9. The minimum absolute atomic E-state index is 0.223. The van der Waals surface area contributed by atoms with Crippen LogP contribution in [0, 0.1) is 13.8 Å². The summed E-state index contributed by atoms with van der Waals surface area (Å²) in [6.45, 7) is 13.7. The minimum Gasteiger partial charge on any atom is -0.496 e. The number of piperazine rings is 1. The molecule has 0 unspecified atom stereocenters. The summed E-state index contributed by atoms with van der Waals surface area (Å²) in [7, 11) is 1.73. The Bertz CT molecular complexity index is 802. The quantitative estimate of drug-likeness (QED) is 0.738. The number of aliphatic hydroxyl groups is 1. The number of ether oxygens (including phenoxy) is 1. The fourth-order valence-corrected chi connectivity index (χ4v) is 4.19. The Morgan fingerprint density at radius 3 is 2.62 bits per heavy atom. The first-order valence-electron chi connectivity index (χ1n) is 10.7. The van der Waals surface area contributed by atoms with Crippen LogP contribution in [0.2, 0.25) is 0 Å². The van der Waals surface area contributed by atoms with Crippen molar-refractivity contribution in [1.82, 2.24) is 19.6 Å². The number of rotatable bonds is 8. The summed E-state index contributed by atoms with van der Waals surface area (Å²) in [4.78, 5) is 5.02. The van der Waals surface area contributed by atoms with E-state index in [1.54, 1.807) is 7.11 Å². The lowest BCUT2D eigenvalue weighted by Gasteiger charge is -2.41. The van der Waals surface area contributed by atoms with Gasteiger partial charge in [-0.3, -0.25) is 14.5 Å². The van der Waals surface area contributed by atoms with Gasteiger partial charge in [-0.25, -0.2) is 0 Å². The number of hydrogen-bond donors (Lipinski definition) is 1. The number of benzene rings is 1. The van der Waals surface area contributed by atoms with Crippen LogP contribution >= 0.6 is 0 Å². The van der Waals surface area contributed by atoms with E-state index in [1.165, 1.54) is 22.3 Å². The SMILES string of the molecule is COc1ccc(CN2CCN(Cc3cnn(C(C)C)c3)C[C@H]2CCO)c(C)c1C. The van der Waals surface area contributed by atoms with Crippen molar-refractivity contribution in [2.75, 3.05) is 33.4 Å². The molecule has 6 heteroatoms. The molecule has 1 atom stereocenters. The molecule has 0 spiro atoms. The van der Waals surface area contributed by atoms with E-state index in [4.69, 9.17) is 4.74 Å². The average molecular weight is 401 g/mol.